The summed E-state index contributed by atoms with van der Waals surface area (Å²) in [5.41, 5.74) is -1.53. The first-order valence-electron chi connectivity index (χ1n) is 5.61. The molecule has 8 heteroatoms. The highest BCUT2D eigenvalue weighted by molar-refractivity contribution is 7.91. The lowest BCUT2D eigenvalue weighted by Crippen LogP contribution is -2.48. The van der Waals surface area contributed by atoms with Crippen molar-refractivity contribution in [2.24, 2.45) is 0 Å². The van der Waals surface area contributed by atoms with Gasteiger partial charge in [-0.15, -0.1) is 0 Å². The van der Waals surface area contributed by atoms with E-state index in [1.807, 2.05) is 0 Å². The van der Waals surface area contributed by atoms with Gasteiger partial charge in [0, 0.05) is 7.05 Å². The molecule has 0 saturated carbocycles. The van der Waals surface area contributed by atoms with Gasteiger partial charge in [0.2, 0.25) is 9.84 Å². The van der Waals surface area contributed by atoms with E-state index in [0.717, 1.165) is 11.0 Å². The van der Waals surface area contributed by atoms with Crippen LogP contribution in [0.2, 0.25) is 0 Å². The van der Waals surface area contributed by atoms with Gasteiger partial charge in [-0.2, -0.15) is 8.78 Å². The fourth-order valence-electron chi connectivity index (χ4n) is 1.52. The van der Waals surface area contributed by atoms with Gasteiger partial charge < -0.3 is 10.0 Å². The van der Waals surface area contributed by atoms with E-state index in [2.05, 4.69) is 0 Å². The molecule has 5 nitrogen and oxygen atoms in total. The van der Waals surface area contributed by atoms with Crippen molar-refractivity contribution in [3.8, 4) is 0 Å². The fraction of sp³-hybridized carbons (Fsp3) is 0.417. The summed E-state index contributed by atoms with van der Waals surface area (Å²) in [4.78, 5) is 11.7. The van der Waals surface area contributed by atoms with Gasteiger partial charge in [0.25, 0.3) is 0 Å². The number of alkyl halides is 2. The van der Waals surface area contributed by atoms with Crippen molar-refractivity contribution in [2.45, 2.75) is 30.0 Å². The minimum Gasteiger partial charge on any atom is -0.480 e. The van der Waals surface area contributed by atoms with Crippen LogP contribution in [0.25, 0.3) is 0 Å². The number of hydrogen-bond donors (Lipinski definition) is 1. The Morgan fingerprint density at radius 1 is 1.30 bits per heavy atom. The van der Waals surface area contributed by atoms with Gasteiger partial charge in [0.05, 0.1) is 10.6 Å². The zero-order valence-electron chi connectivity index (χ0n) is 11.2. The number of carbonyl (C=O) groups is 1. The Morgan fingerprint density at radius 2 is 1.80 bits per heavy atom. The largest absolute Gasteiger partial charge is 0.480 e. The van der Waals surface area contributed by atoms with Crippen LogP contribution in [0.5, 0.6) is 0 Å². The molecule has 0 amide bonds. The van der Waals surface area contributed by atoms with Crippen LogP contribution in [0, 0.1) is 0 Å². The number of anilines is 1. The molecule has 0 saturated heterocycles. The maximum absolute atomic E-state index is 12.7. The molecule has 1 aromatic carbocycles. The lowest BCUT2D eigenvalue weighted by atomic mass is 10.0. The Morgan fingerprint density at radius 3 is 2.25 bits per heavy atom. The molecule has 0 aromatic heterocycles. The predicted molar refractivity (Wildman–Crippen MR) is 69.7 cm³/mol. The summed E-state index contributed by atoms with van der Waals surface area (Å²) < 4.78 is 48.6. The number of nitrogens with zero attached hydrogens (tertiary/aromatic N) is 1. The van der Waals surface area contributed by atoms with Crippen molar-refractivity contribution in [2.75, 3.05) is 11.9 Å². The van der Waals surface area contributed by atoms with Crippen LogP contribution in [-0.4, -0.2) is 37.8 Å². The first-order valence-corrected chi connectivity index (χ1v) is 7.16. The van der Waals surface area contributed by atoms with Gasteiger partial charge >= 0.3 is 11.7 Å². The van der Waals surface area contributed by atoms with Gasteiger partial charge in [-0.3, -0.25) is 0 Å². The number of carboxylic acids is 1. The molecule has 0 aliphatic rings. The van der Waals surface area contributed by atoms with Crippen molar-refractivity contribution in [1.82, 2.24) is 0 Å². The van der Waals surface area contributed by atoms with E-state index < -0.39 is 32.0 Å². The number of aliphatic carboxylic acids is 1. The number of halogens is 2. The van der Waals surface area contributed by atoms with Crippen molar-refractivity contribution < 1.29 is 27.1 Å². The zero-order valence-corrected chi connectivity index (χ0v) is 12.0. The second-order valence-electron chi connectivity index (χ2n) is 4.70. The summed E-state index contributed by atoms with van der Waals surface area (Å²) in [5.74, 6) is -4.77. The van der Waals surface area contributed by atoms with E-state index >= 15 is 0 Å². The summed E-state index contributed by atoms with van der Waals surface area (Å²) in [6.45, 7) is 2.70. The average Bonchev–Trinajstić information content (AvgIpc) is 2.37. The molecule has 0 aliphatic carbocycles. The molecule has 0 fully saturated rings. The first-order chi connectivity index (χ1) is 9.02. The lowest BCUT2D eigenvalue weighted by molar-refractivity contribution is -0.142. The Hall–Kier alpha value is -1.70. The summed E-state index contributed by atoms with van der Waals surface area (Å²) >= 11 is 0. The molecule has 20 heavy (non-hydrogen) atoms. The van der Waals surface area contributed by atoms with E-state index in [0.29, 0.717) is 0 Å². The summed E-state index contributed by atoms with van der Waals surface area (Å²) in [6.07, 6.45) is 0. The van der Waals surface area contributed by atoms with Gasteiger partial charge in [-0.1, -0.05) is 12.1 Å². The second kappa shape index (κ2) is 5.35. The Labute approximate surface area is 115 Å². The summed E-state index contributed by atoms with van der Waals surface area (Å²) in [7, 11) is -3.47. The number of benzene rings is 1. The van der Waals surface area contributed by atoms with Crippen LogP contribution < -0.4 is 4.90 Å². The standard InChI is InChI=1S/C12H15F2NO4S/c1-12(2,10(16)17)15(3)8-6-4-5-7-9(8)20(18,19)11(13)14/h4-7,11H,1-3H3,(H,16,17). The van der Waals surface area contributed by atoms with E-state index in [1.54, 1.807) is 0 Å². The van der Waals surface area contributed by atoms with E-state index in [4.69, 9.17) is 5.11 Å². The van der Waals surface area contributed by atoms with Crippen LogP contribution in [-0.2, 0) is 14.6 Å². The highest BCUT2D eigenvalue weighted by Crippen LogP contribution is 2.32. The number of rotatable bonds is 5. The highest BCUT2D eigenvalue weighted by Gasteiger charge is 2.37. The van der Waals surface area contributed by atoms with Crippen molar-refractivity contribution in [3.63, 3.8) is 0 Å². The van der Waals surface area contributed by atoms with Crippen LogP contribution in [0.3, 0.4) is 0 Å². The Bertz CT molecular complexity index is 614. The molecule has 1 N–H and O–H groups in total. The van der Waals surface area contributed by atoms with Gasteiger partial charge in [0.1, 0.15) is 5.54 Å². The first kappa shape index (κ1) is 16.4. The molecule has 0 spiro atoms. The number of carboxylic acid groups (broad SMARTS) is 1. The van der Waals surface area contributed by atoms with Crippen molar-refractivity contribution in [1.29, 1.82) is 0 Å². The summed E-state index contributed by atoms with van der Waals surface area (Å²) in [5, 5.41) is 9.14. The van der Waals surface area contributed by atoms with Gasteiger partial charge in [0.15, 0.2) is 0 Å². The van der Waals surface area contributed by atoms with Crippen LogP contribution in [0.15, 0.2) is 29.2 Å². The third kappa shape index (κ3) is 2.74. The average molecular weight is 307 g/mol. The number of likely N-dealkylation sites (N-methyl/N-ethyl adjacent to an activating group) is 1. The van der Waals surface area contributed by atoms with Gasteiger partial charge in [-0.25, -0.2) is 13.2 Å². The number of para-hydroxylation sites is 1. The smallest absolute Gasteiger partial charge is 0.341 e. The molecule has 1 aromatic rings. The minimum atomic E-state index is -4.81. The topological polar surface area (TPSA) is 74.7 Å². The second-order valence-corrected chi connectivity index (χ2v) is 6.58. The third-order valence-corrected chi connectivity index (χ3v) is 4.56. The maximum atomic E-state index is 12.7. The van der Waals surface area contributed by atoms with Crippen LogP contribution >= 0.6 is 0 Å². The molecule has 112 valence electrons. The third-order valence-electron chi connectivity index (χ3n) is 3.13. The minimum absolute atomic E-state index is 0.0831. The van der Waals surface area contributed by atoms with Gasteiger partial charge in [-0.05, 0) is 26.0 Å². The SMILES string of the molecule is CN(c1ccccc1S(=O)(=O)C(F)F)C(C)(C)C(=O)O. The number of hydrogen-bond acceptors (Lipinski definition) is 4. The lowest BCUT2D eigenvalue weighted by Gasteiger charge is -2.34. The normalized spacial score (nSPS) is 12.5. The van der Waals surface area contributed by atoms with E-state index in [-0.39, 0.29) is 5.69 Å². The predicted octanol–water partition coefficient (Wildman–Crippen LogP) is 1.98. The molecule has 0 unspecified atom stereocenters. The molecular formula is C12H15F2NO4S. The van der Waals surface area contributed by atoms with E-state index in [1.165, 1.54) is 39.1 Å². The molecule has 0 aliphatic heterocycles. The maximum Gasteiger partial charge on any atom is 0.341 e. The van der Waals surface area contributed by atoms with Crippen LogP contribution in [0.1, 0.15) is 13.8 Å². The molecule has 0 bridgehead atoms. The summed E-state index contributed by atoms with van der Waals surface area (Å²) in [6, 6.07) is 5.08. The van der Waals surface area contributed by atoms with Crippen LogP contribution in [0.4, 0.5) is 14.5 Å². The molecular weight excluding hydrogens is 292 g/mol. The Balaban J connectivity index is 3.46. The molecule has 0 heterocycles. The number of sulfone groups is 1. The van der Waals surface area contributed by atoms with Crippen molar-refractivity contribution in [3.05, 3.63) is 24.3 Å². The zero-order chi connectivity index (χ0) is 15.7. The van der Waals surface area contributed by atoms with Crippen molar-refractivity contribution >= 4 is 21.5 Å². The molecule has 1 rings (SSSR count). The molecule has 0 atom stereocenters. The Kier molecular flexibility index (Phi) is 4.38. The molecule has 0 radical (unpaired) electrons. The monoisotopic (exact) mass is 307 g/mol. The fourth-order valence-corrected chi connectivity index (χ4v) is 2.47. The highest BCUT2D eigenvalue weighted by atomic mass is 32.2. The quantitative estimate of drug-likeness (QED) is 0.900. The van der Waals surface area contributed by atoms with E-state index in [9.17, 15) is 22.0 Å².